The molecule has 3 N–H and O–H groups in total. The molecule has 2 nitrogen and oxygen atoms in total. The molecule has 3 heteroatoms. The van der Waals surface area contributed by atoms with Crippen molar-refractivity contribution < 1.29 is 5.11 Å². The molecule has 0 unspecified atom stereocenters. The van der Waals surface area contributed by atoms with Gasteiger partial charge in [0, 0.05) is 11.1 Å². The Bertz CT molecular complexity index is 411. The van der Waals surface area contributed by atoms with E-state index >= 15 is 0 Å². The third-order valence-corrected chi connectivity index (χ3v) is 4.36. The molecule has 0 radical (unpaired) electrons. The van der Waals surface area contributed by atoms with Gasteiger partial charge in [-0.3, -0.25) is 0 Å². The van der Waals surface area contributed by atoms with E-state index in [9.17, 15) is 5.11 Å². The summed E-state index contributed by atoms with van der Waals surface area (Å²) < 4.78 is 0.778. The van der Waals surface area contributed by atoms with E-state index in [1.54, 1.807) is 0 Å². The van der Waals surface area contributed by atoms with Crippen molar-refractivity contribution >= 4 is 15.9 Å². The summed E-state index contributed by atoms with van der Waals surface area (Å²) in [5.74, 6) is 0.328. The fourth-order valence-electron chi connectivity index (χ4n) is 2.38. The molecule has 1 aliphatic rings. The van der Waals surface area contributed by atoms with E-state index in [4.69, 9.17) is 5.73 Å². The van der Waals surface area contributed by atoms with E-state index in [0.29, 0.717) is 5.75 Å². The number of nitrogens with two attached hydrogens (primary N) is 1. The van der Waals surface area contributed by atoms with Gasteiger partial charge in [0.05, 0.1) is 4.47 Å². The molecule has 0 heterocycles. The van der Waals surface area contributed by atoms with Gasteiger partial charge < -0.3 is 10.8 Å². The first kappa shape index (κ1) is 11.0. The van der Waals surface area contributed by atoms with Crippen LogP contribution in [0.4, 0.5) is 0 Å². The summed E-state index contributed by atoms with van der Waals surface area (Å²) in [6.07, 6.45) is 3.09. The second kappa shape index (κ2) is 3.49. The summed E-state index contributed by atoms with van der Waals surface area (Å²) >= 11 is 3.40. The van der Waals surface area contributed by atoms with Crippen LogP contribution in [0.2, 0.25) is 0 Å². The van der Waals surface area contributed by atoms with E-state index < -0.39 is 0 Å². The molecule has 1 fully saturated rings. The van der Waals surface area contributed by atoms with Crippen molar-refractivity contribution in [1.82, 2.24) is 0 Å². The standard InChI is InChI=1S/C12H16BrNO/c1-7-6-8(2)10(13)11(15)9(7)12(14)4-3-5-12/h6,15H,3-5,14H2,1-2H3. The fourth-order valence-corrected chi connectivity index (χ4v) is 2.69. The minimum absolute atomic E-state index is 0.301. The highest BCUT2D eigenvalue weighted by atomic mass is 79.9. The molecular weight excluding hydrogens is 254 g/mol. The lowest BCUT2D eigenvalue weighted by Crippen LogP contribution is -2.44. The van der Waals surface area contributed by atoms with Crippen LogP contribution < -0.4 is 5.73 Å². The number of phenolic OH excluding ortho intramolecular Hbond substituents is 1. The highest BCUT2D eigenvalue weighted by Gasteiger charge is 2.38. The monoisotopic (exact) mass is 269 g/mol. The molecule has 0 saturated heterocycles. The fraction of sp³-hybridized carbons (Fsp3) is 0.500. The molecular formula is C12H16BrNO. The van der Waals surface area contributed by atoms with Crippen molar-refractivity contribution in [2.75, 3.05) is 0 Å². The Hall–Kier alpha value is -0.540. The van der Waals surface area contributed by atoms with Gasteiger partial charge >= 0.3 is 0 Å². The Morgan fingerprint density at radius 3 is 2.40 bits per heavy atom. The number of phenols is 1. The SMILES string of the molecule is Cc1cc(C)c(C2(N)CCC2)c(O)c1Br. The van der Waals surface area contributed by atoms with Gasteiger partial charge in [-0.1, -0.05) is 6.07 Å². The van der Waals surface area contributed by atoms with Gasteiger partial charge in [-0.05, 0) is 60.2 Å². The Kier molecular flexibility index (Phi) is 2.55. The Morgan fingerprint density at radius 1 is 1.33 bits per heavy atom. The predicted octanol–water partition coefficient (Wildman–Crippen LogP) is 3.11. The maximum atomic E-state index is 10.1. The van der Waals surface area contributed by atoms with E-state index in [-0.39, 0.29) is 5.54 Å². The van der Waals surface area contributed by atoms with E-state index in [0.717, 1.165) is 40.4 Å². The number of hydrogen-bond donors (Lipinski definition) is 2. The second-order valence-electron chi connectivity index (χ2n) is 4.56. The van der Waals surface area contributed by atoms with Crippen LogP contribution in [0.15, 0.2) is 10.5 Å². The van der Waals surface area contributed by atoms with Crippen LogP contribution in [-0.4, -0.2) is 5.11 Å². The number of benzene rings is 1. The average Bonchev–Trinajstić information content (AvgIpc) is 2.11. The van der Waals surface area contributed by atoms with Gasteiger partial charge in [0.1, 0.15) is 5.75 Å². The van der Waals surface area contributed by atoms with Gasteiger partial charge in [-0.25, -0.2) is 0 Å². The van der Waals surface area contributed by atoms with Gasteiger partial charge in [-0.15, -0.1) is 0 Å². The Morgan fingerprint density at radius 2 is 1.93 bits per heavy atom. The maximum Gasteiger partial charge on any atom is 0.135 e. The summed E-state index contributed by atoms with van der Waals surface area (Å²) in [5, 5.41) is 10.1. The molecule has 1 aromatic rings. The van der Waals surface area contributed by atoms with Crippen molar-refractivity contribution in [3.8, 4) is 5.75 Å². The number of aromatic hydroxyl groups is 1. The first-order valence-corrected chi connectivity index (χ1v) is 6.03. The number of rotatable bonds is 1. The third-order valence-electron chi connectivity index (χ3n) is 3.36. The minimum Gasteiger partial charge on any atom is -0.506 e. The van der Waals surface area contributed by atoms with Gasteiger partial charge in [0.25, 0.3) is 0 Å². The summed E-state index contributed by atoms with van der Waals surface area (Å²) in [7, 11) is 0. The smallest absolute Gasteiger partial charge is 0.135 e. The van der Waals surface area contributed by atoms with Crippen molar-refractivity contribution in [3.63, 3.8) is 0 Å². The quantitative estimate of drug-likeness (QED) is 0.823. The molecule has 0 amide bonds. The van der Waals surface area contributed by atoms with Crippen LogP contribution in [0.5, 0.6) is 5.75 Å². The molecule has 15 heavy (non-hydrogen) atoms. The van der Waals surface area contributed by atoms with Crippen molar-refractivity contribution in [2.24, 2.45) is 5.73 Å². The highest BCUT2D eigenvalue weighted by molar-refractivity contribution is 9.10. The lowest BCUT2D eigenvalue weighted by Gasteiger charge is -2.40. The molecule has 1 saturated carbocycles. The van der Waals surface area contributed by atoms with Crippen LogP contribution >= 0.6 is 15.9 Å². The third kappa shape index (κ3) is 1.58. The van der Waals surface area contributed by atoms with Crippen molar-refractivity contribution in [2.45, 2.75) is 38.6 Å². The molecule has 1 aromatic carbocycles. The van der Waals surface area contributed by atoms with Crippen molar-refractivity contribution in [1.29, 1.82) is 0 Å². The zero-order valence-electron chi connectivity index (χ0n) is 9.10. The predicted molar refractivity (Wildman–Crippen MR) is 65.0 cm³/mol. The van der Waals surface area contributed by atoms with E-state index in [2.05, 4.69) is 22.0 Å². The molecule has 1 aliphatic carbocycles. The Balaban J connectivity index is 2.61. The van der Waals surface area contributed by atoms with E-state index in [1.807, 2.05) is 13.8 Å². The lowest BCUT2D eigenvalue weighted by atomic mass is 9.71. The highest BCUT2D eigenvalue weighted by Crippen LogP contribution is 2.47. The average molecular weight is 270 g/mol. The molecule has 0 atom stereocenters. The number of halogens is 1. The lowest BCUT2D eigenvalue weighted by molar-refractivity contribution is 0.244. The zero-order chi connectivity index (χ0) is 11.2. The van der Waals surface area contributed by atoms with Crippen LogP contribution in [0.25, 0.3) is 0 Å². The van der Waals surface area contributed by atoms with Crippen LogP contribution in [0, 0.1) is 13.8 Å². The molecule has 0 spiro atoms. The molecule has 0 bridgehead atoms. The minimum atomic E-state index is -0.301. The largest absolute Gasteiger partial charge is 0.506 e. The second-order valence-corrected chi connectivity index (χ2v) is 5.35. The van der Waals surface area contributed by atoms with Crippen LogP contribution in [0.1, 0.15) is 36.0 Å². The first-order valence-electron chi connectivity index (χ1n) is 5.24. The first-order chi connectivity index (χ1) is 6.96. The van der Waals surface area contributed by atoms with Crippen molar-refractivity contribution in [3.05, 3.63) is 27.2 Å². The summed E-state index contributed by atoms with van der Waals surface area (Å²) in [4.78, 5) is 0. The van der Waals surface area contributed by atoms with Gasteiger partial charge in [0.2, 0.25) is 0 Å². The molecule has 82 valence electrons. The zero-order valence-corrected chi connectivity index (χ0v) is 10.7. The summed E-state index contributed by atoms with van der Waals surface area (Å²) in [5.41, 5.74) is 9.03. The Labute approximate surface area is 98.6 Å². The summed E-state index contributed by atoms with van der Waals surface area (Å²) in [6, 6.07) is 2.08. The number of aryl methyl sites for hydroxylation is 2. The van der Waals surface area contributed by atoms with Gasteiger partial charge in [0.15, 0.2) is 0 Å². The van der Waals surface area contributed by atoms with Crippen LogP contribution in [0.3, 0.4) is 0 Å². The summed E-state index contributed by atoms with van der Waals surface area (Å²) in [6.45, 7) is 3.99. The number of hydrogen-bond acceptors (Lipinski definition) is 2. The van der Waals surface area contributed by atoms with Gasteiger partial charge in [-0.2, -0.15) is 0 Å². The van der Waals surface area contributed by atoms with Crippen LogP contribution in [-0.2, 0) is 5.54 Å². The molecule has 0 aromatic heterocycles. The molecule has 0 aliphatic heterocycles. The topological polar surface area (TPSA) is 46.2 Å². The molecule has 2 rings (SSSR count). The van der Waals surface area contributed by atoms with E-state index in [1.165, 1.54) is 0 Å². The normalized spacial score (nSPS) is 18.7. The maximum absolute atomic E-state index is 10.1.